The van der Waals surface area contributed by atoms with Crippen LogP contribution in [0.4, 0.5) is 0 Å². The fourth-order valence-corrected chi connectivity index (χ4v) is 3.14. The van der Waals surface area contributed by atoms with Crippen molar-refractivity contribution >= 4 is 0 Å². The quantitative estimate of drug-likeness (QED) is 0.622. The molecule has 1 aromatic heterocycles. The molecular weight excluding hydrogens is 212 g/mol. The van der Waals surface area contributed by atoms with Crippen LogP contribution < -0.4 is 11.3 Å². The molecule has 1 heterocycles. The van der Waals surface area contributed by atoms with Crippen LogP contribution in [0.25, 0.3) is 0 Å². The predicted octanol–water partition coefficient (Wildman–Crippen LogP) is 2.12. The number of nitrogens with one attached hydrogen (secondary N) is 1. The fourth-order valence-electron chi connectivity index (χ4n) is 3.14. The number of hydrazine groups is 1. The highest BCUT2D eigenvalue weighted by atomic mass is 15.3. The second-order valence-corrected chi connectivity index (χ2v) is 5.31. The molecular formula is C13H24N4. The van der Waals surface area contributed by atoms with E-state index in [9.17, 15) is 0 Å². The Morgan fingerprint density at radius 1 is 1.41 bits per heavy atom. The van der Waals surface area contributed by atoms with Crippen LogP contribution in [0.1, 0.15) is 55.1 Å². The van der Waals surface area contributed by atoms with Gasteiger partial charge in [0.25, 0.3) is 0 Å². The summed E-state index contributed by atoms with van der Waals surface area (Å²) >= 11 is 0. The van der Waals surface area contributed by atoms with Crippen LogP contribution in [0.2, 0.25) is 0 Å². The standard InChI is InChI=1S/C13H24N4/c1-9-13(10(2)17(3)16-9)12(15-14)8-11-6-4-5-7-11/h11-12,15H,4-8,14H2,1-3H3. The van der Waals surface area contributed by atoms with E-state index in [0.717, 1.165) is 18.0 Å². The summed E-state index contributed by atoms with van der Waals surface area (Å²) in [5, 5.41) is 4.48. The Morgan fingerprint density at radius 2 is 2.06 bits per heavy atom. The van der Waals surface area contributed by atoms with Crippen molar-refractivity contribution in [2.45, 2.75) is 52.0 Å². The maximum Gasteiger partial charge on any atom is 0.0644 e. The minimum atomic E-state index is 0.256. The average molecular weight is 236 g/mol. The molecule has 4 nitrogen and oxygen atoms in total. The van der Waals surface area contributed by atoms with Crippen molar-refractivity contribution in [3.63, 3.8) is 0 Å². The Kier molecular flexibility index (Phi) is 3.84. The summed E-state index contributed by atoms with van der Waals surface area (Å²) in [6.07, 6.45) is 6.62. The number of hydrogen-bond acceptors (Lipinski definition) is 3. The SMILES string of the molecule is Cc1nn(C)c(C)c1C(CC1CCCC1)NN. The summed E-state index contributed by atoms with van der Waals surface area (Å²) in [7, 11) is 2.00. The highest BCUT2D eigenvalue weighted by molar-refractivity contribution is 5.28. The molecule has 0 saturated heterocycles. The lowest BCUT2D eigenvalue weighted by molar-refractivity contribution is 0.398. The van der Waals surface area contributed by atoms with Gasteiger partial charge >= 0.3 is 0 Å². The average Bonchev–Trinajstić information content (AvgIpc) is 2.87. The summed E-state index contributed by atoms with van der Waals surface area (Å²) in [5.41, 5.74) is 6.61. The Balaban J connectivity index is 2.16. The van der Waals surface area contributed by atoms with Crippen molar-refractivity contribution in [2.75, 3.05) is 0 Å². The van der Waals surface area contributed by atoms with Crippen LogP contribution in [0, 0.1) is 19.8 Å². The zero-order valence-electron chi connectivity index (χ0n) is 11.2. The molecule has 1 atom stereocenters. The van der Waals surface area contributed by atoms with Crippen molar-refractivity contribution < 1.29 is 0 Å². The van der Waals surface area contributed by atoms with Crippen LogP contribution in [-0.4, -0.2) is 9.78 Å². The highest BCUT2D eigenvalue weighted by Crippen LogP contribution is 2.34. The van der Waals surface area contributed by atoms with E-state index in [4.69, 9.17) is 5.84 Å². The van der Waals surface area contributed by atoms with Gasteiger partial charge in [-0.2, -0.15) is 5.10 Å². The van der Waals surface area contributed by atoms with Gasteiger partial charge < -0.3 is 0 Å². The Labute approximate surface area is 104 Å². The molecule has 17 heavy (non-hydrogen) atoms. The number of nitrogens with two attached hydrogens (primary N) is 1. The molecule has 2 rings (SSSR count). The minimum absolute atomic E-state index is 0.256. The van der Waals surface area contributed by atoms with Gasteiger partial charge in [0.05, 0.1) is 5.69 Å². The molecule has 0 aromatic carbocycles. The molecule has 0 amide bonds. The van der Waals surface area contributed by atoms with Crippen LogP contribution in [0.3, 0.4) is 0 Å². The van der Waals surface area contributed by atoms with Gasteiger partial charge in [-0.15, -0.1) is 0 Å². The van der Waals surface area contributed by atoms with Crippen LogP contribution in [0.15, 0.2) is 0 Å². The van der Waals surface area contributed by atoms with Gasteiger partial charge in [-0.3, -0.25) is 16.0 Å². The summed E-state index contributed by atoms with van der Waals surface area (Å²) < 4.78 is 1.95. The maximum absolute atomic E-state index is 5.74. The Hall–Kier alpha value is -0.870. The predicted molar refractivity (Wildman–Crippen MR) is 69.3 cm³/mol. The van der Waals surface area contributed by atoms with Gasteiger partial charge in [0.15, 0.2) is 0 Å². The van der Waals surface area contributed by atoms with Crippen molar-refractivity contribution in [3.05, 3.63) is 17.0 Å². The molecule has 1 aliphatic carbocycles. The van der Waals surface area contributed by atoms with Crippen molar-refractivity contribution in [2.24, 2.45) is 18.8 Å². The third-order valence-corrected chi connectivity index (χ3v) is 4.16. The first-order valence-corrected chi connectivity index (χ1v) is 6.59. The van der Waals surface area contributed by atoms with Crippen LogP contribution in [-0.2, 0) is 7.05 Å². The van der Waals surface area contributed by atoms with Gasteiger partial charge in [-0.05, 0) is 26.2 Å². The highest BCUT2D eigenvalue weighted by Gasteiger charge is 2.24. The lowest BCUT2D eigenvalue weighted by atomic mass is 9.93. The molecule has 1 unspecified atom stereocenters. The van der Waals surface area contributed by atoms with Crippen molar-refractivity contribution in [1.29, 1.82) is 0 Å². The van der Waals surface area contributed by atoms with E-state index >= 15 is 0 Å². The molecule has 1 saturated carbocycles. The third kappa shape index (κ3) is 2.53. The van der Waals surface area contributed by atoms with E-state index in [0.29, 0.717) is 0 Å². The molecule has 3 N–H and O–H groups in total. The lowest BCUT2D eigenvalue weighted by Gasteiger charge is -2.20. The zero-order valence-corrected chi connectivity index (χ0v) is 11.2. The van der Waals surface area contributed by atoms with Gasteiger partial charge in [0, 0.05) is 24.3 Å². The summed E-state index contributed by atoms with van der Waals surface area (Å²) in [4.78, 5) is 0. The van der Waals surface area contributed by atoms with Gasteiger partial charge in [-0.25, -0.2) is 0 Å². The largest absolute Gasteiger partial charge is 0.272 e. The first-order valence-electron chi connectivity index (χ1n) is 6.59. The van der Waals surface area contributed by atoms with E-state index < -0.39 is 0 Å². The van der Waals surface area contributed by atoms with Gasteiger partial charge in [-0.1, -0.05) is 25.7 Å². The first kappa shape index (κ1) is 12.6. The minimum Gasteiger partial charge on any atom is -0.272 e. The summed E-state index contributed by atoms with van der Waals surface area (Å²) in [5.74, 6) is 6.57. The smallest absolute Gasteiger partial charge is 0.0644 e. The van der Waals surface area contributed by atoms with Crippen LogP contribution >= 0.6 is 0 Å². The van der Waals surface area contributed by atoms with Crippen LogP contribution in [0.5, 0.6) is 0 Å². The monoisotopic (exact) mass is 236 g/mol. The number of aryl methyl sites for hydroxylation is 2. The molecule has 1 aromatic rings. The lowest BCUT2D eigenvalue weighted by Crippen LogP contribution is -2.30. The number of aromatic nitrogens is 2. The topological polar surface area (TPSA) is 55.9 Å². The second-order valence-electron chi connectivity index (χ2n) is 5.31. The van der Waals surface area contributed by atoms with Crippen molar-refractivity contribution in [1.82, 2.24) is 15.2 Å². The second kappa shape index (κ2) is 5.19. The normalized spacial score (nSPS) is 18.8. The fraction of sp³-hybridized carbons (Fsp3) is 0.769. The first-order chi connectivity index (χ1) is 8.13. The summed E-state index contributed by atoms with van der Waals surface area (Å²) in [6.45, 7) is 4.19. The van der Waals surface area contributed by atoms with E-state index in [-0.39, 0.29) is 6.04 Å². The number of hydrogen-bond donors (Lipinski definition) is 2. The van der Waals surface area contributed by atoms with Crippen molar-refractivity contribution in [3.8, 4) is 0 Å². The Bertz CT molecular complexity index is 377. The number of rotatable bonds is 4. The zero-order chi connectivity index (χ0) is 12.4. The van der Waals surface area contributed by atoms with E-state index in [1.165, 1.54) is 36.9 Å². The molecule has 0 bridgehead atoms. The Morgan fingerprint density at radius 3 is 2.53 bits per heavy atom. The van der Waals surface area contributed by atoms with Gasteiger partial charge in [0.2, 0.25) is 0 Å². The molecule has 0 aliphatic heterocycles. The summed E-state index contributed by atoms with van der Waals surface area (Å²) in [6, 6.07) is 0.256. The molecule has 0 radical (unpaired) electrons. The molecule has 1 aliphatic rings. The van der Waals surface area contributed by atoms with E-state index in [1.54, 1.807) is 0 Å². The molecule has 96 valence electrons. The molecule has 0 spiro atoms. The van der Waals surface area contributed by atoms with E-state index in [2.05, 4.69) is 24.4 Å². The third-order valence-electron chi connectivity index (χ3n) is 4.16. The molecule has 1 fully saturated rings. The van der Waals surface area contributed by atoms with E-state index in [1.807, 2.05) is 11.7 Å². The van der Waals surface area contributed by atoms with Gasteiger partial charge in [0.1, 0.15) is 0 Å². The molecule has 4 heteroatoms. The maximum atomic E-state index is 5.74. The number of nitrogens with zero attached hydrogens (tertiary/aromatic N) is 2.